The van der Waals surface area contributed by atoms with Crippen LogP contribution >= 0.6 is 0 Å². The molecule has 350 valence electrons. The van der Waals surface area contributed by atoms with Crippen LogP contribution in [0.1, 0.15) is 116 Å². The van der Waals surface area contributed by atoms with Crippen molar-refractivity contribution >= 4 is 40.8 Å². The van der Waals surface area contributed by atoms with E-state index in [4.69, 9.17) is 19.9 Å². The van der Waals surface area contributed by atoms with E-state index in [0.29, 0.717) is 24.9 Å². The molecule has 1 heterocycles. The highest BCUT2D eigenvalue weighted by Gasteiger charge is 2.76. The highest BCUT2D eigenvalue weighted by molar-refractivity contribution is 6.01. The number of rotatable bonds is 15. The van der Waals surface area contributed by atoms with Gasteiger partial charge in [0.2, 0.25) is 11.8 Å². The van der Waals surface area contributed by atoms with Gasteiger partial charge in [0.25, 0.3) is 0 Å². The molecule has 0 radical (unpaired) electrons. The number of ketones is 3. The van der Waals surface area contributed by atoms with Gasteiger partial charge in [-0.2, -0.15) is 0 Å². The molecule has 4 aliphatic carbocycles. The molecule has 14 heteroatoms. The Hall–Kier alpha value is -4.86. The summed E-state index contributed by atoms with van der Waals surface area (Å²) in [7, 11) is 0. The van der Waals surface area contributed by atoms with Crippen LogP contribution in [0.25, 0.3) is 0 Å². The number of benzene rings is 2. The lowest BCUT2D eigenvalue weighted by Crippen LogP contribution is -2.63. The van der Waals surface area contributed by atoms with Crippen LogP contribution in [0, 0.1) is 34.5 Å². The SMILES string of the molecule is C[C@H](CC(=O)[C@H](C)NC(=O)[C@@H](N)CCC(=O)OC(C)(C)C)C(=O)Nc1cccc(Cc2ccc([C@@H]3O[C@@H]4C[C@H]5[C@@H]6CCC7=CC(=O)C=C[C@]7(C)[C@H]6[C@@H](O)C[C@]5(C)[C@]4(C(=O)CO)O3)cc2)c1. The molecule has 0 bridgehead atoms. The first kappa shape index (κ1) is 48.1. The Kier molecular flexibility index (Phi) is 13.6. The third-order valence-corrected chi connectivity index (χ3v) is 14.9. The molecule has 1 aliphatic heterocycles. The van der Waals surface area contributed by atoms with Crippen molar-refractivity contribution in [2.24, 2.45) is 40.2 Å². The minimum atomic E-state index is -1.44. The lowest BCUT2D eigenvalue weighted by molar-refractivity contribution is -0.201. The first-order valence-electron chi connectivity index (χ1n) is 23.0. The van der Waals surface area contributed by atoms with E-state index in [0.717, 1.165) is 35.1 Å². The molecule has 7 rings (SSSR count). The first-order valence-corrected chi connectivity index (χ1v) is 23.0. The molecule has 0 unspecified atom stereocenters. The van der Waals surface area contributed by atoms with E-state index in [1.54, 1.807) is 45.9 Å². The number of hydrogen-bond donors (Lipinski definition) is 5. The van der Waals surface area contributed by atoms with Crippen LogP contribution in [0.5, 0.6) is 0 Å². The van der Waals surface area contributed by atoms with E-state index >= 15 is 0 Å². The Morgan fingerprint density at radius 2 is 1.74 bits per heavy atom. The Morgan fingerprint density at radius 3 is 2.43 bits per heavy atom. The number of amides is 2. The number of hydrogen-bond acceptors (Lipinski definition) is 12. The van der Waals surface area contributed by atoms with Crippen molar-refractivity contribution < 1.29 is 53.2 Å². The van der Waals surface area contributed by atoms with E-state index < -0.39 is 82.8 Å². The largest absolute Gasteiger partial charge is 0.460 e. The molecular formula is C51H65N3O11. The van der Waals surface area contributed by atoms with Crippen LogP contribution in [0.15, 0.2) is 72.3 Å². The van der Waals surface area contributed by atoms with E-state index in [1.165, 1.54) is 6.92 Å². The van der Waals surface area contributed by atoms with Gasteiger partial charge in [-0.05, 0) is 113 Å². The average molecular weight is 896 g/mol. The number of nitrogens with one attached hydrogen (secondary N) is 2. The Labute approximate surface area is 381 Å². The fourth-order valence-electron chi connectivity index (χ4n) is 11.7. The van der Waals surface area contributed by atoms with Crippen LogP contribution in [0.4, 0.5) is 5.69 Å². The molecule has 14 nitrogen and oxygen atoms in total. The summed E-state index contributed by atoms with van der Waals surface area (Å²) in [5, 5.41) is 27.8. The zero-order valence-electron chi connectivity index (χ0n) is 38.6. The molecule has 0 aromatic heterocycles. The molecule has 3 saturated carbocycles. The van der Waals surface area contributed by atoms with Crippen molar-refractivity contribution in [2.75, 3.05) is 11.9 Å². The Morgan fingerprint density at radius 1 is 1.02 bits per heavy atom. The number of allylic oxidation sites excluding steroid dienone is 4. The van der Waals surface area contributed by atoms with E-state index in [-0.39, 0.29) is 54.5 Å². The molecule has 5 aliphatic rings. The summed E-state index contributed by atoms with van der Waals surface area (Å²) >= 11 is 0. The van der Waals surface area contributed by atoms with Gasteiger partial charge in [-0.15, -0.1) is 0 Å². The number of ether oxygens (including phenoxy) is 3. The summed E-state index contributed by atoms with van der Waals surface area (Å²) in [5.74, 6) is -2.96. The standard InChI is InChI=1S/C51H65N3O11/c1-28(21-39(57)29(2)53-46(62)38(52)17-18-43(60)64-48(3,4)5)45(61)54-34-10-8-9-31(23-34)22-30-11-13-32(14-12-30)47-63-42-25-37-36-16-15-33-24-35(56)19-20-49(33,6)44(36)40(58)26-50(37,7)51(42,65-47)41(59)27-55/h8-14,19-20,23-24,28-29,36-38,40,42,44,47,55,58H,15-18,21-22,25-27,52H2,1-7H3,(H,53,62)(H,54,61)/t28-,29+,36+,37+,38+,40+,42-,44-,47-,49+,50+,51-/m1/s1. The second kappa shape index (κ2) is 18.4. The number of aliphatic hydroxyl groups is 2. The maximum absolute atomic E-state index is 14.0. The monoisotopic (exact) mass is 895 g/mol. The van der Waals surface area contributed by atoms with Gasteiger partial charge in [0.1, 0.15) is 12.2 Å². The third kappa shape index (κ3) is 9.42. The molecule has 1 saturated heterocycles. The highest BCUT2D eigenvalue weighted by Crippen LogP contribution is 2.70. The lowest BCUT2D eigenvalue weighted by Gasteiger charge is -2.59. The highest BCUT2D eigenvalue weighted by atomic mass is 16.7. The fraction of sp³-hybridized carbons (Fsp3) is 0.569. The van der Waals surface area contributed by atoms with Crippen molar-refractivity contribution in [3.63, 3.8) is 0 Å². The minimum absolute atomic E-state index is 0.00575. The van der Waals surface area contributed by atoms with Gasteiger partial charge < -0.3 is 40.8 Å². The molecule has 2 amide bonds. The molecule has 4 fully saturated rings. The molecule has 65 heavy (non-hydrogen) atoms. The number of anilines is 1. The summed E-state index contributed by atoms with van der Waals surface area (Å²) < 4.78 is 18.7. The van der Waals surface area contributed by atoms with Gasteiger partial charge >= 0.3 is 5.97 Å². The number of fused-ring (bicyclic) bond motifs is 7. The van der Waals surface area contributed by atoms with Gasteiger partial charge in [-0.25, -0.2) is 0 Å². The Bertz CT molecular complexity index is 2270. The van der Waals surface area contributed by atoms with Crippen molar-refractivity contribution in [3.05, 3.63) is 89.0 Å². The fourth-order valence-corrected chi connectivity index (χ4v) is 11.7. The predicted molar refractivity (Wildman–Crippen MR) is 241 cm³/mol. The number of Topliss-reactive ketones (excluding diaryl/α,β-unsaturated/α-hetero) is 2. The molecule has 12 atom stereocenters. The normalized spacial score (nSPS) is 31.5. The zero-order valence-corrected chi connectivity index (χ0v) is 38.6. The van der Waals surface area contributed by atoms with Gasteiger partial charge in [-0.1, -0.05) is 68.8 Å². The second-order valence-electron chi connectivity index (χ2n) is 20.5. The van der Waals surface area contributed by atoms with Crippen molar-refractivity contribution in [1.82, 2.24) is 5.32 Å². The number of carbonyl (C=O) groups excluding carboxylic acids is 6. The van der Waals surface area contributed by atoms with E-state index in [1.807, 2.05) is 55.5 Å². The topological polar surface area (TPSA) is 221 Å². The van der Waals surface area contributed by atoms with Gasteiger partial charge in [0.05, 0.1) is 24.3 Å². The van der Waals surface area contributed by atoms with E-state index in [2.05, 4.69) is 17.6 Å². The van der Waals surface area contributed by atoms with Crippen LogP contribution in [0.2, 0.25) is 0 Å². The van der Waals surface area contributed by atoms with Crippen LogP contribution in [0.3, 0.4) is 0 Å². The lowest BCUT2D eigenvalue weighted by atomic mass is 9.46. The summed E-state index contributed by atoms with van der Waals surface area (Å²) in [4.78, 5) is 77.0. The molecule has 0 spiro atoms. The maximum atomic E-state index is 14.0. The predicted octanol–water partition coefficient (Wildman–Crippen LogP) is 5.37. The molecule has 6 N–H and O–H groups in total. The van der Waals surface area contributed by atoms with Gasteiger partial charge in [0, 0.05) is 46.8 Å². The van der Waals surface area contributed by atoms with Crippen LogP contribution in [-0.4, -0.2) is 87.4 Å². The van der Waals surface area contributed by atoms with Crippen LogP contribution < -0.4 is 16.4 Å². The maximum Gasteiger partial charge on any atom is 0.306 e. The van der Waals surface area contributed by atoms with Gasteiger partial charge in [0.15, 0.2) is 29.2 Å². The van der Waals surface area contributed by atoms with Gasteiger partial charge in [-0.3, -0.25) is 28.8 Å². The third-order valence-electron chi connectivity index (χ3n) is 14.9. The Balaban J connectivity index is 0.937. The van der Waals surface area contributed by atoms with Crippen LogP contribution in [-0.2, 0) is 49.4 Å². The first-order chi connectivity index (χ1) is 30.6. The summed E-state index contributed by atoms with van der Waals surface area (Å²) in [6.07, 6.45) is 5.86. The number of aliphatic hydroxyl groups excluding tert-OH is 2. The summed E-state index contributed by atoms with van der Waals surface area (Å²) in [5.41, 5.74) is 6.84. The smallest absolute Gasteiger partial charge is 0.306 e. The van der Waals surface area contributed by atoms with Crippen molar-refractivity contribution in [1.29, 1.82) is 0 Å². The number of carbonyl (C=O) groups is 6. The zero-order chi connectivity index (χ0) is 47.2. The molecule has 2 aromatic carbocycles. The number of esters is 1. The summed E-state index contributed by atoms with van der Waals surface area (Å²) in [6, 6.07) is 13.2. The number of nitrogens with two attached hydrogens (primary N) is 1. The van der Waals surface area contributed by atoms with E-state index in [9.17, 15) is 39.0 Å². The van der Waals surface area contributed by atoms with Crippen molar-refractivity contribution in [2.45, 2.75) is 142 Å². The minimum Gasteiger partial charge on any atom is -0.460 e. The second-order valence-corrected chi connectivity index (χ2v) is 20.5. The molecular weight excluding hydrogens is 831 g/mol. The quantitative estimate of drug-likeness (QED) is 0.143. The average Bonchev–Trinajstić information content (AvgIpc) is 3.75. The van der Waals surface area contributed by atoms with Crippen molar-refractivity contribution in [3.8, 4) is 0 Å². The summed E-state index contributed by atoms with van der Waals surface area (Å²) in [6.45, 7) is 11.8. The molecule has 2 aromatic rings.